The van der Waals surface area contributed by atoms with Crippen LogP contribution in [0.3, 0.4) is 0 Å². The second kappa shape index (κ2) is 16.9. The number of fused-ring (bicyclic) bond motifs is 7. The number of ether oxygens (including phenoxy) is 6. The van der Waals surface area contributed by atoms with Gasteiger partial charge in [0.25, 0.3) is 0 Å². The van der Waals surface area contributed by atoms with Gasteiger partial charge in [0.15, 0.2) is 25.0 Å². The number of carboxylic acids is 1. The number of aliphatic carboxylic acids is 1. The summed E-state index contributed by atoms with van der Waals surface area (Å²) in [4.78, 5) is 12.8. The van der Waals surface area contributed by atoms with Gasteiger partial charge in [0.1, 0.15) is 54.9 Å². The summed E-state index contributed by atoms with van der Waals surface area (Å²) in [6, 6.07) is 0. The summed E-state index contributed by atoms with van der Waals surface area (Å²) < 4.78 is 35.2. The van der Waals surface area contributed by atoms with Crippen LogP contribution in [0.4, 0.5) is 0 Å². The highest BCUT2D eigenvalue weighted by Crippen LogP contribution is 2.76. The van der Waals surface area contributed by atoms with Crippen LogP contribution in [0.5, 0.6) is 0 Å². The van der Waals surface area contributed by atoms with Crippen molar-refractivity contribution < 1.29 is 84.3 Å². The summed E-state index contributed by atoms with van der Waals surface area (Å²) in [7, 11) is 0. The summed E-state index contributed by atoms with van der Waals surface area (Å²) in [5, 5.41) is 109. The van der Waals surface area contributed by atoms with Crippen molar-refractivity contribution in [3.8, 4) is 0 Å². The third-order valence-corrected chi connectivity index (χ3v) is 19.1. The molecule has 24 unspecified atom stereocenters. The SMILES string of the molecule is CC1OC(OC2C(OC3C(C(=O)O)OC(OC4CCC5(C)C(CCC6(C)C5CC=C5C7CC(C)(C)CC(O)C7(C)CCC56C)C4(C)CO)C(O)C3O)OCC(O)C2O)C(O)C(O)C1O. The maximum Gasteiger partial charge on any atom is 0.335 e. The number of rotatable bonds is 8. The lowest BCUT2D eigenvalue weighted by Gasteiger charge is -2.72. The molecule has 17 nitrogen and oxygen atoms in total. The first kappa shape index (κ1) is 49.0. The number of hydrogen-bond donors (Lipinski definition) is 10. The molecule has 17 heteroatoms. The first-order chi connectivity index (χ1) is 29.8. The quantitative estimate of drug-likeness (QED) is 0.122. The highest BCUT2D eigenvalue weighted by Gasteiger charge is 2.70. The maximum atomic E-state index is 12.8. The molecule has 0 aromatic heterocycles. The van der Waals surface area contributed by atoms with Crippen LogP contribution >= 0.6 is 0 Å². The Hall–Kier alpha value is -1.39. The lowest BCUT2D eigenvalue weighted by atomic mass is 9.33. The number of carboxylic acid groups (broad SMARTS) is 1. The van der Waals surface area contributed by atoms with E-state index in [1.807, 2.05) is 6.92 Å². The van der Waals surface area contributed by atoms with Gasteiger partial charge in [-0.3, -0.25) is 0 Å². The molecule has 0 aromatic rings. The van der Waals surface area contributed by atoms with Gasteiger partial charge in [-0.15, -0.1) is 0 Å². The lowest BCUT2D eigenvalue weighted by Crippen LogP contribution is -2.68. The van der Waals surface area contributed by atoms with Crippen molar-refractivity contribution in [3.63, 3.8) is 0 Å². The van der Waals surface area contributed by atoms with Crippen molar-refractivity contribution in [2.24, 2.45) is 50.2 Å². The fraction of sp³-hybridized carbons (Fsp3) is 0.936. The molecule has 3 heterocycles. The van der Waals surface area contributed by atoms with Crippen molar-refractivity contribution in [1.82, 2.24) is 0 Å². The summed E-state index contributed by atoms with van der Waals surface area (Å²) in [5.74, 6) is -0.986. The summed E-state index contributed by atoms with van der Waals surface area (Å²) >= 11 is 0. The first-order valence-corrected chi connectivity index (χ1v) is 23.7. The number of carbonyl (C=O) groups is 1. The fourth-order valence-electron chi connectivity index (χ4n) is 14.8. The van der Waals surface area contributed by atoms with Crippen molar-refractivity contribution >= 4 is 5.97 Å². The maximum absolute atomic E-state index is 12.8. The Bertz CT molecular complexity index is 1760. The van der Waals surface area contributed by atoms with E-state index >= 15 is 0 Å². The Morgan fingerprint density at radius 1 is 0.703 bits per heavy atom. The van der Waals surface area contributed by atoms with E-state index in [0.717, 1.165) is 51.4 Å². The van der Waals surface area contributed by atoms with Crippen LogP contribution in [-0.4, -0.2) is 168 Å². The fourth-order valence-corrected chi connectivity index (χ4v) is 14.8. The molecule has 8 aliphatic rings. The summed E-state index contributed by atoms with van der Waals surface area (Å²) in [6.45, 7) is 16.8. The molecule has 366 valence electrons. The van der Waals surface area contributed by atoms with Crippen LogP contribution in [0.25, 0.3) is 0 Å². The first-order valence-electron chi connectivity index (χ1n) is 23.7. The number of hydrogen-bond acceptors (Lipinski definition) is 16. The van der Waals surface area contributed by atoms with Gasteiger partial charge in [0.05, 0.1) is 31.5 Å². The van der Waals surface area contributed by atoms with Gasteiger partial charge in [0.2, 0.25) is 0 Å². The van der Waals surface area contributed by atoms with E-state index in [1.165, 1.54) is 12.5 Å². The average Bonchev–Trinajstić information content (AvgIpc) is 3.23. The zero-order valence-electron chi connectivity index (χ0n) is 38.7. The van der Waals surface area contributed by atoms with Crippen LogP contribution in [0.2, 0.25) is 0 Å². The highest BCUT2D eigenvalue weighted by atomic mass is 16.8. The molecular formula is C47H76O17. The van der Waals surface area contributed by atoms with E-state index < -0.39 is 110 Å². The number of aliphatic hydroxyl groups is 9. The Labute approximate surface area is 376 Å². The van der Waals surface area contributed by atoms with Gasteiger partial charge < -0.3 is 79.5 Å². The molecule has 3 saturated heterocycles. The standard InChI is InChI=1S/C47H76O17/c1-21-29(51)31(53)33(55)39(60-21)63-36-30(52)24(49)19-59-41(36)62-35-32(54)34(56)40(64-37(35)38(57)58)61-28-12-13-44(5)25(45(28,6)20-48)11-14-47(8)26(44)10-9-22-23-17-42(2,3)18-27(50)43(23,4)15-16-46(22,47)7/h9,21,23-37,39-41,48-56H,10-20H2,1-8H3,(H,57,58). The van der Waals surface area contributed by atoms with E-state index in [1.54, 1.807) is 0 Å². The largest absolute Gasteiger partial charge is 0.479 e. The van der Waals surface area contributed by atoms with Crippen LogP contribution in [0.1, 0.15) is 113 Å². The van der Waals surface area contributed by atoms with Crippen LogP contribution in [-0.2, 0) is 33.2 Å². The molecule has 0 spiro atoms. The van der Waals surface area contributed by atoms with Crippen molar-refractivity contribution in [3.05, 3.63) is 11.6 Å². The molecule has 0 radical (unpaired) electrons. The molecule has 4 saturated carbocycles. The molecule has 0 bridgehead atoms. The van der Waals surface area contributed by atoms with Gasteiger partial charge in [-0.1, -0.05) is 60.1 Å². The predicted octanol–water partition coefficient (Wildman–Crippen LogP) is 1.34. The number of aliphatic hydroxyl groups excluding tert-OH is 9. The Morgan fingerprint density at radius 3 is 2.03 bits per heavy atom. The zero-order chi connectivity index (χ0) is 46.9. The van der Waals surface area contributed by atoms with Crippen LogP contribution < -0.4 is 0 Å². The summed E-state index contributed by atoms with van der Waals surface area (Å²) in [6.07, 6.45) is -14.4. The Morgan fingerprint density at radius 2 is 1.36 bits per heavy atom. The van der Waals surface area contributed by atoms with Gasteiger partial charge in [-0.2, -0.15) is 0 Å². The van der Waals surface area contributed by atoms with E-state index in [4.69, 9.17) is 28.4 Å². The zero-order valence-corrected chi connectivity index (χ0v) is 38.7. The Kier molecular flexibility index (Phi) is 13.0. The molecular weight excluding hydrogens is 837 g/mol. The third-order valence-electron chi connectivity index (χ3n) is 19.1. The molecule has 0 aromatic carbocycles. The van der Waals surface area contributed by atoms with Crippen molar-refractivity contribution in [2.45, 2.75) is 211 Å². The third kappa shape index (κ3) is 7.49. The second-order valence-corrected chi connectivity index (χ2v) is 23.2. The molecule has 24 atom stereocenters. The molecule has 7 fully saturated rings. The smallest absolute Gasteiger partial charge is 0.335 e. The van der Waals surface area contributed by atoms with E-state index in [2.05, 4.69) is 47.6 Å². The average molecular weight is 913 g/mol. The van der Waals surface area contributed by atoms with Gasteiger partial charge in [0, 0.05) is 10.8 Å². The molecule has 0 amide bonds. The topological polar surface area (TPSA) is 275 Å². The van der Waals surface area contributed by atoms with Crippen molar-refractivity contribution in [1.29, 1.82) is 0 Å². The predicted molar refractivity (Wildman–Crippen MR) is 225 cm³/mol. The van der Waals surface area contributed by atoms with Gasteiger partial charge >= 0.3 is 5.97 Å². The molecule has 5 aliphatic carbocycles. The second-order valence-electron chi connectivity index (χ2n) is 23.2. The minimum absolute atomic E-state index is 0.0112. The minimum Gasteiger partial charge on any atom is -0.479 e. The molecule has 3 aliphatic heterocycles. The summed E-state index contributed by atoms with van der Waals surface area (Å²) in [5.41, 5.74) is 0.256. The van der Waals surface area contributed by atoms with E-state index in [0.29, 0.717) is 18.3 Å². The highest BCUT2D eigenvalue weighted by molar-refractivity contribution is 5.73. The van der Waals surface area contributed by atoms with Crippen LogP contribution in [0, 0.1) is 50.2 Å². The van der Waals surface area contributed by atoms with Gasteiger partial charge in [-0.05, 0) is 104 Å². The molecule has 8 rings (SSSR count). The normalized spacial score (nSPS) is 56.1. The monoisotopic (exact) mass is 913 g/mol. The number of allylic oxidation sites excluding steroid dienone is 2. The molecule has 10 N–H and O–H groups in total. The van der Waals surface area contributed by atoms with E-state index in [9.17, 15) is 55.9 Å². The minimum atomic E-state index is -1.96. The van der Waals surface area contributed by atoms with E-state index in [-0.39, 0.29) is 45.7 Å². The molecule has 64 heavy (non-hydrogen) atoms. The van der Waals surface area contributed by atoms with Gasteiger partial charge in [-0.25, -0.2) is 4.79 Å². The Balaban J connectivity index is 0.995. The van der Waals surface area contributed by atoms with Crippen molar-refractivity contribution in [2.75, 3.05) is 13.2 Å². The lowest BCUT2D eigenvalue weighted by molar-refractivity contribution is -0.378. The van der Waals surface area contributed by atoms with Crippen LogP contribution in [0.15, 0.2) is 11.6 Å².